The van der Waals surface area contributed by atoms with Gasteiger partial charge >= 0.3 is 0 Å². The fourth-order valence-corrected chi connectivity index (χ4v) is 0.612. The molecule has 0 unspecified atom stereocenters. The molecule has 0 aromatic carbocycles. The Balaban J connectivity index is 3.47. The summed E-state index contributed by atoms with van der Waals surface area (Å²) in [5.74, 6) is -0.564. The van der Waals surface area contributed by atoms with E-state index < -0.39 is 11.1 Å². The number of halogens is 1. The quantitative estimate of drug-likeness (QED) is 0.282. The molecule has 0 atom stereocenters. The van der Waals surface area contributed by atoms with E-state index in [0.717, 1.165) is 0 Å². The highest BCUT2D eigenvalue weighted by Gasteiger charge is 2.00. The summed E-state index contributed by atoms with van der Waals surface area (Å²) < 4.78 is 0. The van der Waals surface area contributed by atoms with Gasteiger partial charge in [0.25, 0.3) is 0 Å². The summed E-state index contributed by atoms with van der Waals surface area (Å²) >= 11 is 4.98. The summed E-state index contributed by atoms with van der Waals surface area (Å²) in [5, 5.41) is 2.32. The van der Waals surface area contributed by atoms with Crippen LogP contribution in [0.25, 0.3) is 10.4 Å². The lowest BCUT2D eigenvalue weighted by Crippen LogP contribution is -1.93. The Morgan fingerprint density at radius 2 is 2.09 bits per heavy atom. The van der Waals surface area contributed by atoms with Crippen molar-refractivity contribution in [1.29, 1.82) is 0 Å². The van der Waals surface area contributed by atoms with Crippen molar-refractivity contribution in [2.24, 2.45) is 5.11 Å². The summed E-state index contributed by atoms with van der Waals surface area (Å²) in [5.41, 5.74) is 7.79. The first-order chi connectivity index (χ1) is 5.16. The first-order valence-electron chi connectivity index (χ1n) is 2.93. The lowest BCUT2D eigenvalue weighted by atomic mass is 10.2. The molecule has 0 saturated carbocycles. The molecular formula is C5H6ClN3O2. The Morgan fingerprint density at radius 3 is 2.55 bits per heavy atom. The third-order valence-electron chi connectivity index (χ3n) is 0.920. The number of carbonyl (C=O) groups excluding carboxylic acids is 2. The van der Waals surface area contributed by atoms with E-state index in [2.05, 4.69) is 10.0 Å². The average Bonchev–Trinajstić information content (AvgIpc) is 1.87. The van der Waals surface area contributed by atoms with Crippen LogP contribution in [0.3, 0.4) is 0 Å². The molecule has 0 aliphatic carbocycles. The molecular weight excluding hydrogens is 170 g/mol. The van der Waals surface area contributed by atoms with Crippen LogP contribution in [-0.2, 0) is 9.59 Å². The predicted octanol–water partition coefficient (Wildman–Crippen LogP) is 1.76. The zero-order valence-electron chi connectivity index (χ0n) is 5.66. The Hall–Kier alpha value is -1.06. The number of azide groups is 1. The van der Waals surface area contributed by atoms with Gasteiger partial charge in [-0.25, -0.2) is 0 Å². The fourth-order valence-electron chi connectivity index (χ4n) is 0.478. The van der Waals surface area contributed by atoms with Crippen molar-refractivity contribution in [2.75, 3.05) is 0 Å². The van der Waals surface area contributed by atoms with Crippen LogP contribution in [-0.4, -0.2) is 11.1 Å². The number of carbonyl (C=O) groups is 2. The smallest absolute Gasteiger partial charge is 0.221 e. The maximum absolute atomic E-state index is 10.4. The van der Waals surface area contributed by atoms with Crippen molar-refractivity contribution in [3.63, 3.8) is 0 Å². The SMILES string of the molecule is [N-]=[N+]=NC(=O)CCCC(=O)Cl. The summed E-state index contributed by atoms with van der Waals surface area (Å²) in [6.07, 6.45) is 0.539. The van der Waals surface area contributed by atoms with E-state index in [1.165, 1.54) is 0 Å². The van der Waals surface area contributed by atoms with Crippen LogP contribution in [0.15, 0.2) is 5.11 Å². The second-order valence-electron chi connectivity index (χ2n) is 1.79. The molecule has 6 heteroatoms. The zero-order valence-corrected chi connectivity index (χ0v) is 6.41. The minimum Gasteiger partial charge on any atom is -0.293 e. The van der Waals surface area contributed by atoms with Gasteiger partial charge < -0.3 is 0 Å². The van der Waals surface area contributed by atoms with Gasteiger partial charge in [-0.1, -0.05) is 0 Å². The third kappa shape index (κ3) is 6.83. The van der Waals surface area contributed by atoms with Crippen LogP contribution in [0, 0.1) is 0 Å². The van der Waals surface area contributed by atoms with E-state index in [1.54, 1.807) is 0 Å². The third-order valence-corrected chi connectivity index (χ3v) is 1.11. The van der Waals surface area contributed by atoms with Gasteiger partial charge in [0.15, 0.2) is 0 Å². The molecule has 60 valence electrons. The molecule has 0 aromatic rings. The molecule has 0 fully saturated rings. The molecule has 0 bridgehead atoms. The van der Waals surface area contributed by atoms with E-state index in [-0.39, 0.29) is 12.8 Å². The van der Waals surface area contributed by atoms with Crippen LogP contribution < -0.4 is 0 Å². The van der Waals surface area contributed by atoms with Gasteiger partial charge in [-0.3, -0.25) is 9.59 Å². The Kier molecular flexibility index (Phi) is 5.15. The van der Waals surface area contributed by atoms with Crippen molar-refractivity contribution in [1.82, 2.24) is 0 Å². The molecule has 0 aliphatic heterocycles. The van der Waals surface area contributed by atoms with Crippen LogP contribution >= 0.6 is 11.6 Å². The van der Waals surface area contributed by atoms with E-state index in [4.69, 9.17) is 17.1 Å². The van der Waals surface area contributed by atoms with Gasteiger partial charge in [-0.2, -0.15) is 0 Å². The Bertz CT molecular complexity index is 210. The maximum Gasteiger partial charge on any atom is 0.221 e. The van der Waals surface area contributed by atoms with Crippen LogP contribution in [0.4, 0.5) is 0 Å². The Labute approximate surface area is 68.0 Å². The molecule has 0 spiro atoms. The fraction of sp³-hybridized carbons (Fsp3) is 0.600. The molecule has 11 heavy (non-hydrogen) atoms. The first-order valence-corrected chi connectivity index (χ1v) is 3.31. The Morgan fingerprint density at radius 1 is 1.45 bits per heavy atom. The number of rotatable bonds is 4. The highest BCUT2D eigenvalue weighted by molar-refractivity contribution is 6.63. The zero-order chi connectivity index (χ0) is 8.69. The first kappa shape index (κ1) is 9.94. The summed E-state index contributed by atoms with van der Waals surface area (Å²) in [6.45, 7) is 0. The van der Waals surface area contributed by atoms with Gasteiger partial charge in [-0.15, -0.1) is 0 Å². The second kappa shape index (κ2) is 5.70. The van der Waals surface area contributed by atoms with E-state index in [0.29, 0.717) is 6.42 Å². The van der Waals surface area contributed by atoms with Crippen molar-refractivity contribution in [3.8, 4) is 0 Å². The molecule has 0 rings (SSSR count). The topological polar surface area (TPSA) is 82.9 Å². The standard InChI is InChI=1S/C5H6ClN3O2/c6-4(10)2-1-3-5(11)8-9-7/h1-3H2. The summed E-state index contributed by atoms with van der Waals surface area (Å²) in [4.78, 5) is 22.9. The molecule has 0 aliphatic rings. The molecule has 1 amide bonds. The summed E-state index contributed by atoms with van der Waals surface area (Å²) in [7, 11) is 0. The van der Waals surface area contributed by atoms with Crippen molar-refractivity contribution >= 4 is 22.8 Å². The van der Waals surface area contributed by atoms with E-state index in [9.17, 15) is 9.59 Å². The monoisotopic (exact) mass is 175 g/mol. The molecule has 0 aromatic heterocycles. The number of amides is 1. The predicted molar refractivity (Wildman–Crippen MR) is 38.9 cm³/mol. The number of nitrogens with zero attached hydrogens (tertiary/aromatic N) is 3. The van der Waals surface area contributed by atoms with Gasteiger partial charge in [-0.05, 0) is 28.7 Å². The van der Waals surface area contributed by atoms with Crippen molar-refractivity contribution in [3.05, 3.63) is 10.4 Å². The van der Waals surface area contributed by atoms with Gasteiger partial charge in [0.05, 0.1) is 0 Å². The molecule has 0 saturated heterocycles. The van der Waals surface area contributed by atoms with Gasteiger partial charge in [0.1, 0.15) is 0 Å². The van der Waals surface area contributed by atoms with Crippen LogP contribution in [0.1, 0.15) is 19.3 Å². The molecule has 0 N–H and O–H groups in total. The lowest BCUT2D eigenvalue weighted by Gasteiger charge is -1.89. The number of hydrogen-bond donors (Lipinski definition) is 0. The lowest BCUT2D eigenvalue weighted by molar-refractivity contribution is -0.118. The second-order valence-corrected chi connectivity index (χ2v) is 2.21. The minimum absolute atomic E-state index is 0.0719. The largest absolute Gasteiger partial charge is 0.293 e. The average molecular weight is 176 g/mol. The minimum atomic E-state index is -0.564. The highest BCUT2D eigenvalue weighted by atomic mass is 35.5. The molecule has 0 radical (unpaired) electrons. The van der Waals surface area contributed by atoms with Crippen molar-refractivity contribution < 1.29 is 9.59 Å². The summed E-state index contributed by atoms with van der Waals surface area (Å²) in [6, 6.07) is 0. The highest BCUT2D eigenvalue weighted by Crippen LogP contribution is 2.00. The van der Waals surface area contributed by atoms with E-state index in [1.807, 2.05) is 0 Å². The number of hydrogen-bond acceptors (Lipinski definition) is 2. The van der Waals surface area contributed by atoms with E-state index >= 15 is 0 Å². The van der Waals surface area contributed by atoms with Gasteiger partial charge in [0.2, 0.25) is 11.1 Å². The molecule has 0 heterocycles. The normalized spacial score (nSPS) is 8.45. The van der Waals surface area contributed by atoms with Gasteiger partial charge in [0, 0.05) is 17.8 Å². The van der Waals surface area contributed by atoms with Crippen LogP contribution in [0.5, 0.6) is 0 Å². The van der Waals surface area contributed by atoms with Crippen LogP contribution in [0.2, 0.25) is 0 Å². The molecule has 5 nitrogen and oxygen atoms in total. The van der Waals surface area contributed by atoms with Crippen molar-refractivity contribution in [2.45, 2.75) is 19.3 Å². The maximum atomic E-state index is 10.4.